The monoisotopic (exact) mass is 280 g/mol. The van der Waals surface area contributed by atoms with Crippen molar-refractivity contribution in [1.82, 2.24) is 20.7 Å². The minimum atomic E-state index is 0.279. The molecule has 21 heavy (non-hydrogen) atoms. The molecule has 1 aromatic heterocycles. The summed E-state index contributed by atoms with van der Waals surface area (Å²) in [5, 5.41) is 23.7. The van der Waals surface area contributed by atoms with Gasteiger partial charge in [-0.2, -0.15) is 15.4 Å². The van der Waals surface area contributed by atoms with E-state index in [1.807, 2.05) is 42.5 Å². The van der Waals surface area contributed by atoms with Crippen molar-refractivity contribution in [2.45, 2.75) is 13.1 Å². The van der Waals surface area contributed by atoms with Gasteiger partial charge in [-0.3, -0.25) is 0 Å². The molecule has 3 N–H and O–H groups in total. The number of aromatic hydroxyl groups is 1. The molecule has 0 radical (unpaired) electrons. The molecule has 0 aliphatic carbocycles. The maximum Gasteiger partial charge on any atom is 0.117 e. The van der Waals surface area contributed by atoms with Gasteiger partial charge in [0.05, 0.1) is 0 Å². The molecule has 0 atom stereocenters. The van der Waals surface area contributed by atoms with Crippen LogP contribution in [-0.4, -0.2) is 20.5 Å². The van der Waals surface area contributed by atoms with Gasteiger partial charge in [-0.1, -0.05) is 42.5 Å². The summed E-state index contributed by atoms with van der Waals surface area (Å²) in [6.07, 6.45) is 0. The summed E-state index contributed by atoms with van der Waals surface area (Å²) < 4.78 is 0. The fourth-order valence-electron chi connectivity index (χ4n) is 2.14. The fraction of sp³-hybridized carbons (Fsp3) is 0.125. The van der Waals surface area contributed by atoms with Crippen LogP contribution in [0.15, 0.2) is 54.6 Å². The summed E-state index contributed by atoms with van der Waals surface area (Å²) in [4.78, 5) is 0. The summed E-state index contributed by atoms with van der Waals surface area (Å²) in [7, 11) is 0. The van der Waals surface area contributed by atoms with Crippen molar-refractivity contribution >= 4 is 0 Å². The average molecular weight is 280 g/mol. The van der Waals surface area contributed by atoms with E-state index in [0.29, 0.717) is 13.1 Å². The third kappa shape index (κ3) is 3.27. The molecule has 5 nitrogen and oxygen atoms in total. The molecule has 0 spiro atoms. The third-order valence-corrected chi connectivity index (χ3v) is 3.23. The zero-order chi connectivity index (χ0) is 14.5. The van der Waals surface area contributed by atoms with Crippen molar-refractivity contribution in [2.24, 2.45) is 0 Å². The summed E-state index contributed by atoms with van der Waals surface area (Å²) in [5.41, 5.74) is 3.92. The molecule has 3 aromatic rings. The first-order chi connectivity index (χ1) is 10.3. The number of H-pyrrole nitrogens is 1. The molecular weight excluding hydrogens is 264 g/mol. The number of rotatable bonds is 5. The van der Waals surface area contributed by atoms with Crippen LogP contribution in [0, 0.1) is 0 Å². The van der Waals surface area contributed by atoms with Gasteiger partial charge in [0.15, 0.2) is 0 Å². The van der Waals surface area contributed by atoms with E-state index in [0.717, 1.165) is 22.5 Å². The summed E-state index contributed by atoms with van der Waals surface area (Å²) in [6, 6.07) is 17.1. The highest BCUT2D eigenvalue weighted by atomic mass is 16.3. The van der Waals surface area contributed by atoms with Gasteiger partial charge in [0, 0.05) is 18.7 Å². The Morgan fingerprint density at radius 1 is 0.905 bits per heavy atom. The Bertz CT molecular complexity index is 692. The molecule has 2 aromatic carbocycles. The van der Waals surface area contributed by atoms with Crippen LogP contribution in [0.4, 0.5) is 0 Å². The van der Waals surface area contributed by atoms with Crippen LogP contribution in [0.2, 0.25) is 0 Å². The summed E-state index contributed by atoms with van der Waals surface area (Å²) in [5.74, 6) is 0.279. The Morgan fingerprint density at radius 3 is 2.43 bits per heavy atom. The molecule has 0 aliphatic rings. The minimum absolute atomic E-state index is 0.279. The largest absolute Gasteiger partial charge is 0.508 e. The molecule has 0 bridgehead atoms. The summed E-state index contributed by atoms with van der Waals surface area (Å²) in [6.45, 7) is 1.34. The highest BCUT2D eigenvalue weighted by molar-refractivity contribution is 5.60. The lowest BCUT2D eigenvalue weighted by molar-refractivity contribution is 0.475. The van der Waals surface area contributed by atoms with Crippen LogP contribution in [0.3, 0.4) is 0 Å². The SMILES string of the molecule is Oc1ccc(CNCc2n[nH]nc2-c2ccccc2)cc1. The molecule has 0 saturated carbocycles. The van der Waals surface area contributed by atoms with Gasteiger partial charge in [-0.15, -0.1) is 0 Å². The van der Waals surface area contributed by atoms with Gasteiger partial charge in [-0.25, -0.2) is 0 Å². The number of phenols is 1. The van der Waals surface area contributed by atoms with Gasteiger partial charge in [0.1, 0.15) is 17.1 Å². The lowest BCUT2D eigenvalue weighted by Gasteiger charge is -2.05. The van der Waals surface area contributed by atoms with Crippen LogP contribution < -0.4 is 5.32 Å². The number of hydrogen-bond donors (Lipinski definition) is 3. The van der Waals surface area contributed by atoms with E-state index in [2.05, 4.69) is 20.7 Å². The van der Waals surface area contributed by atoms with Crippen molar-refractivity contribution in [3.63, 3.8) is 0 Å². The number of aromatic nitrogens is 3. The molecule has 3 rings (SSSR count). The fourth-order valence-corrected chi connectivity index (χ4v) is 2.14. The second kappa shape index (κ2) is 6.19. The van der Waals surface area contributed by atoms with E-state index in [1.165, 1.54) is 0 Å². The van der Waals surface area contributed by atoms with E-state index < -0.39 is 0 Å². The molecule has 0 aliphatic heterocycles. The van der Waals surface area contributed by atoms with Crippen molar-refractivity contribution in [1.29, 1.82) is 0 Å². The molecule has 0 fully saturated rings. The van der Waals surface area contributed by atoms with Crippen LogP contribution >= 0.6 is 0 Å². The number of hydrogen-bond acceptors (Lipinski definition) is 4. The normalized spacial score (nSPS) is 10.7. The van der Waals surface area contributed by atoms with E-state index >= 15 is 0 Å². The average Bonchev–Trinajstić information content (AvgIpc) is 2.99. The maximum atomic E-state index is 9.25. The zero-order valence-electron chi connectivity index (χ0n) is 11.5. The van der Waals surface area contributed by atoms with Crippen LogP contribution in [-0.2, 0) is 13.1 Å². The highest BCUT2D eigenvalue weighted by Crippen LogP contribution is 2.18. The van der Waals surface area contributed by atoms with Gasteiger partial charge < -0.3 is 10.4 Å². The Balaban J connectivity index is 1.64. The molecule has 0 unspecified atom stereocenters. The van der Waals surface area contributed by atoms with Gasteiger partial charge in [-0.05, 0) is 17.7 Å². The van der Waals surface area contributed by atoms with Gasteiger partial charge >= 0.3 is 0 Å². The molecule has 1 heterocycles. The Labute approximate surface area is 122 Å². The second-order valence-electron chi connectivity index (χ2n) is 4.75. The lowest BCUT2D eigenvalue weighted by Crippen LogP contribution is -2.13. The first-order valence-electron chi connectivity index (χ1n) is 6.76. The number of nitrogens with one attached hydrogen (secondary N) is 2. The molecule has 0 saturated heterocycles. The summed E-state index contributed by atoms with van der Waals surface area (Å²) >= 11 is 0. The quantitative estimate of drug-likeness (QED) is 0.671. The predicted octanol–water partition coefficient (Wildman–Crippen LogP) is 2.47. The van der Waals surface area contributed by atoms with Crippen molar-refractivity contribution in [2.75, 3.05) is 0 Å². The molecule has 0 amide bonds. The standard InChI is InChI=1S/C16H16N4O/c21-14-8-6-12(7-9-14)10-17-11-15-16(19-20-18-15)13-4-2-1-3-5-13/h1-9,17,21H,10-11H2,(H,18,19,20). The zero-order valence-corrected chi connectivity index (χ0v) is 11.5. The van der Waals surface area contributed by atoms with Crippen molar-refractivity contribution < 1.29 is 5.11 Å². The molecule has 106 valence electrons. The number of nitrogens with zero attached hydrogens (tertiary/aromatic N) is 2. The maximum absolute atomic E-state index is 9.25. The smallest absolute Gasteiger partial charge is 0.117 e. The highest BCUT2D eigenvalue weighted by Gasteiger charge is 2.09. The Hall–Kier alpha value is -2.66. The van der Waals surface area contributed by atoms with Crippen LogP contribution in [0.5, 0.6) is 5.75 Å². The van der Waals surface area contributed by atoms with E-state index in [9.17, 15) is 5.11 Å². The second-order valence-corrected chi connectivity index (χ2v) is 4.75. The van der Waals surface area contributed by atoms with Gasteiger partial charge in [0.2, 0.25) is 0 Å². The van der Waals surface area contributed by atoms with E-state index in [4.69, 9.17) is 0 Å². The Morgan fingerprint density at radius 2 is 1.67 bits per heavy atom. The third-order valence-electron chi connectivity index (χ3n) is 3.23. The number of benzene rings is 2. The van der Waals surface area contributed by atoms with Gasteiger partial charge in [0.25, 0.3) is 0 Å². The molecular formula is C16H16N4O. The number of phenolic OH excluding ortho intramolecular Hbond substituents is 1. The Kier molecular flexibility index (Phi) is 3.93. The predicted molar refractivity (Wildman–Crippen MR) is 80.5 cm³/mol. The topological polar surface area (TPSA) is 73.8 Å². The van der Waals surface area contributed by atoms with E-state index in [1.54, 1.807) is 12.1 Å². The molecule has 5 heteroatoms. The van der Waals surface area contributed by atoms with Crippen LogP contribution in [0.25, 0.3) is 11.3 Å². The van der Waals surface area contributed by atoms with E-state index in [-0.39, 0.29) is 5.75 Å². The number of aromatic amines is 1. The first kappa shape index (κ1) is 13.3. The minimum Gasteiger partial charge on any atom is -0.508 e. The van der Waals surface area contributed by atoms with Crippen molar-refractivity contribution in [3.05, 3.63) is 65.9 Å². The lowest BCUT2D eigenvalue weighted by atomic mass is 10.1. The van der Waals surface area contributed by atoms with Crippen molar-refractivity contribution in [3.8, 4) is 17.0 Å². The first-order valence-corrected chi connectivity index (χ1v) is 6.76. The van der Waals surface area contributed by atoms with Crippen LogP contribution in [0.1, 0.15) is 11.3 Å².